The number of thiophene rings is 1. The summed E-state index contributed by atoms with van der Waals surface area (Å²) in [6, 6.07) is 9.58. The van der Waals surface area contributed by atoms with Gasteiger partial charge in [0.1, 0.15) is 10.6 Å². The van der Waals surface area contributed by atoms with E-state index in [-0.39, 0.29) is 7.33 Å². The minimum absolute atomic E-state index is 0. The molecule has 0 fully saturated rings. The fourth-order valence-corrected chi connectivity index (χ4v) is 4.28. The zero-order chi connectivity index (χ0) is 17.3. The van der Waals surface area contributed by atoms with E-state index in [9.17, 15) is 4.79 Å². The molecule has 0 aliphatic heterocycles. The lowest BCUT2D eigenvalue weighted by atomic mass is 10.3. The van der Waals surface area contributed by atoms with Gasteiger partial charge < -0.3 is 15.0 Å². The van der Waals surface area contributed by atoms with Gasteiger partial charge in [0, 0.05) is 20.2 Å². The summed E-state index contributed by atoms with van der Waals surface area (Å²) in [4.78, 5) is 20.7. The lowest BCUT2D eigenvalue weighted by Crippen LogP contribution is -2.25. The molecule has 1 amide bonds. The minimum atomic E-state index is -0.117. The number of nitrogens with one attached hydrogen (secondary N) is 1. The van der Waals surface area contributed by atoms with Gasteiger partial charge in [0.05, 0.1) is 16.7 Å². The Morgan fingerprint density at radius 2 is 2.00 bits per heavy atom. The molecule has 0 unspecified atom stereocenters. The number of fused-ring (bicyclic) bond motifs is 1. The smallest absolute Gasteiger partial charge is 0.265 e. The predicted octanol–water partition coefficient (Wildman–Crippen LogP) is 4.71. The molecule has 128 valence electrons. The lowest BCUT2D eigenvalue weighted by molar-refractivity contribution is 0.103. The number of carbonyl (C=O) groups excluding carboxylic acids is 1. The molecule has 0 bridgehead atoms. The van der Waals surface area contributed by atoms with Crippen LogP contribution in [0.3, 0.4) is 0 Å². The Kier molecular flexibility index (Phi) is 4.73. The largest absolute Gasteiger partial charge is 0.497 e. The van der Waals surface area contributed by atoms with Crippen LogP contribution in [0.4, 0.5) is 10.8 Å². The third-order valence-corrected chi connectivity index (χ3v) is 5.98. The number of anilines is 2. The van der Waals surface area contributed by atoms with Crippen LogP contribution in [0.5, 0.6) is 5.75 Å². The van der Waals surface area contributed by atoms with Gasteiger partial charge in [-0.3, -0.25) is 4.79 Å². The summed E-state index contributed by atoms with van der Waals surface area (Å²) < 4.78 is 6.16. The number of carbonyl (C=O) groups is 1. The van der Waals surface area contributed by atoms with Crippen LogP contribution < -0.4 is 15.0 Å². The second-order valence-electron chi connectivity index (χ2n) is 5.66. The zero-order valence-corrected chi connectivity index (χ0v) is 15.6. The van der Waals surface area contributed by atoms with E-state index in [2.05, 4.69) is 29.0 Å². The number of aromatic nitrogens is 1. The quantitative estimate of drug-likeness (QED) is 0.713. The van der Waals surface area contributed by atoms with Crippen molar-refractivity contribution in [2.45, 2.75) is 19.9 Å². The predicted molar refractivity (Wildman–Crippen MR) is 104 cm³/mol. The number of benzene rings is 1. The van der Waals surface area contributed by atoms with Crippen molar-refractivity contribution >= 4 is 48.9 Å². The molecule has 0 atom stereocenters. The third kappa shape index (κ3) is 3.37. The molecule has 24 heavy (non-hydrogen) atoms. The molecule has 0 saturated carbocycles. The highest BCUT2D eigenvalue weighted by Gasteiger charge is 2.16. The Labute approximate surface area is 150 Å². The first-order valence-corrected chi connectivity index (χ1v) is 9.20. The van der Waals surface area contributed by atoms with E-state index in [1.54, 1.807) is 18.4 Å². The van der Waals surface area contributed by atoms with Crippen molar-refractivity contribution in [3.8, 4) is 5.75 Å². The first kappa shape index (κ1) is 16.7. The van der Waals surface area contributed by atoms with Crippen LogP contribution in [0.15, 0.2) is 30.3 Å². The fraction of sp³-hybridized carbons (Fsp3) is 0.294. The van der Waals surface area contributed by atoms with Gasteiger partial charge in [0.25, 0.3) is 5.91 Å². The van der Waals surface area contributed by atoms with Crippen LogP contribution in [0.25, 0.3) is 9.53 Å². The number of methoxy groups -OCH3 is 1. The third-order valence-electron chi connectivity index (χ3n) is 3.73. The normalized spacial score (nSPS) is 11.0. The Morgan fingerprint density at radius 1 is 1.29 bits per heavy atom. The summed E-state index contributed by atoms with van der Waals surface area (Å²) in [5, 5.41) is 3.88. The van der Waals surface area contributed by atoms with E-state index >= 15 is 0 Å². The van der Waals surface area contributed by atoms with Crippen molar-refractivity contribution in [1.29, 1.82) is 0 Å². The molecule has 0 aliphatic carbocycles. The maximum atomic E-state index is 12.4. The number of amides is 1. The van der Waals surface area contributed by atoms with Gasteiger partial charge in [-0.25, -0.2) is 4.98 Å². The van der Waals surface area contributed by atoms with Gasteiger partial charge in [0.15, 0.2) is 5.13 Å². The molecule has 2 heterocycles. The molecule has 0 aliphatic rings. The standard InChI is InChI=1S/C17H19N3O2S2.H2/c1-10(2)20(3)17-19-16-14(24-17)9-13(23-16)15(21)18-11-5-7-12(22-4)8-6-11;/h5-10H,1-4H3,(H,18,21);1H. The van der Waals surface area contributed by atoms with Crippen LogP contribution in [0, 0.1) is 0 Å². The summed E-state index contributed by atoms with van der Waals surface area (Å²) >= 11 is 3.03. The highest BCUT2D eigenvalue weighted by atomic mass is 32.1. The molecule has 1 aromatic carbocycles. The Bertz CT molecular complexity index is 827. The summed E-state index contributed by atoms with van der Waals surface area (Å²) in [7, 11) is 3.65. The Hall–Kier alpha value is -2.12. The fourth-order valence-electron chi connectivity index (χ4n) is 2.07. The number of rotatable bonds is 5. The van der Waals surface area contributed by atoms with E-state index in [1.807, 2.05) is 37.4 Å². The maximum absolute atomic E-state index is 12.4. The van der Waals surface area contributed by atoms with Gasteiger partial charge in [-0.05, 0) is 44.2 Å². The summed E-state index contributed by atoms with van der Waals surface area (Å²) in [6.07, 6.45) is 0. The van der Waals surface area contributed by atoms with Crippen LogP contribution in [-0.2, 0) is 0 Å². The van der Waals surface area contributed by atoms with Gasteiger partial charge in [0.2, 0.25) is 0 Å². The van der Waals surface area contributed by atoms with Crippen molar-refractivity contribution < 1.29 is 11.0 Å². The second-order valence-corrected chi connectivity index (χ2v) is 7.70. The number of hydrogen-bond donors (Lipinski definition) is 1. The van der Waals surface area contributed by atoms with E-state index in [1.165, 1.54) is 11.3 Å². The molecule has 0 saturated heterocycles. The molecule has 3 rings (SSSR count). The number of ether oxygens (including phenoxy) is 1. The molecule has 7 heteroatoms. The highest BCUT2D eigenvalue weighted by Crippen LogP contribution is 2.35. The topological polar surface area (TPSA) is 54.5 Å². The van der Waals surface area contributed by atoms with Crippen molar-refractivity contribution in [3.05, 3.63) is 35.2 Å². The van der Waals surface area contributed by atoms with E-state index in [4.69, 9.17) is 4.74 Å². The molecular weight excluding hydrogens is 342 g/mol. The Morgan fingerprint density at radius 3 is 2.58 bits per heavy atom. The summed E-state index contributed by atoms with van der Waals surface area (Å²) in [6.45, 7) is 4.26. The molecule has 0 radical (unpaired) electrons. The molecular formula is C17H21N3O2S2. The van der Waals surface area contributed by atoms with E-state index < -0.39 is 0 Å². The average Bonchev–Trinajstić information content (AvgIpc) is 3.13. The van der Waals surface area contributed by atoms with E-state index in [0.29, 0.717) is 10.9 Å². The first-order chi connectivity index (χ1) is 11.5. The highest BCUT2D eigenvalue weighted by molar-refractivity contribution is 7.29. The van der Waals surface area contributed by atoms with Gasteiger partial charge in [-0.1, -0.05) is 11.3 Å². The molecule has 2 aromatic heterocycles. The second kappa shape index (κ2) is 6.78. The molecule has 0 spiro atoms. The summed E-state index contributed by atoms with van der Waals surface area (Å²) in [5.74, 6) is 0.643. The maximum Gasteiger partial charge on any atom is 0.265 e. The van der Waals surface area contributed by atoms with Crippen LogP contribution in [0.2, 0.25) is 0 Å². The van der Waals surface area contributed by atoms with Gasteiger partial charge >= 0.3 is 0 Å². The molecule has 3 aromatic rings. The molecule has 1 N–H and O–H groups in total. The number of hydrogen-bond acceptors (Lipinski definition) is 6. The van der Waals surface area contributed by atoms with Gasteiger partial charge in [-0.2, -0.15) is 0 Å². The minimum Gasteiger partial charge on any atom is -0.497 e. The van der Waals surface area contributed by atoms with Crippen molar-refractivity contribution in [2.24, 2.45) is 0 Å². The van der Waals surface area contributed by atoms with Crippen molar-refractivity contribution in [2.75, 3.05) is 24.4 Å². The lowest BCUT2D eigenvalue weighted by Gasteiger charge is -2.19. The SMILES string of the molecule is COc1ccc(NC(=O)c2cc3sc(N(C)C(C)C)nc3s2)cc1.[HH]. The summed E-state index contributed by atoms with van der Waals surface area (Å²) in [5.41, 5.74) is 0.741. The van der Waals surface area contributed by atoms with Crippen molar-refractivity contribution in [1.82, 2.24) is 4.98 Å². The number of thiazole rings is 1. The van der Waals surface area contributed by atoms with Crippen molar-refractivity contribution in [3.63, 3.8) is 0 Å². The van der Waals surface area contributed by atoms with Crippen LogP contribution in [0.1, 0.15) is 24.9 Å². The zero-order valence-electron chi connectivity index (χ0n) is 14.0. The first-order valence-electron chi connectivity index (χ1n) is 7.56. The Balaban J connectivity index is 0.00000225. The van der Waals surface area contributed by atoms with Crippen LogP contribution >= 0.6 is 22.7 Å². The average molecular weight is 364 g/mol. The van der Waals surface area contributed by atoms with Gasteiger partial charge in [-0.15, -0.1) is 11.3 Å². The van der Waals surface area contributed by atoms with E-state index in [0.717, 1.165) is 26.1 Å². The monoisotopic (exact) mass is 363 g/mol. The number of nitrogens with zero attached hydrogens (tertiary/aromatic N) is 2. The molecule has 5 nitrogen and oxygen atoms in total. The van der Waals surface area contributed by atoms with Crippen LogP contribution in [-0.4, -0.2) is 31.1 Å².